The molecule has 1 aromatic rings. The van der Waals surface area contributed by atoms with E-state index >= 15 is 0 Å². The van der Waals surface area contributed by atoms with Crippen molar-refractivity contribution < 1.29 is 19.5 Å². The highest BCUT2D eigenvalue weighted by Gasteiger charge is 2.42. The maximum atomic E-state index is 12.0. The van der Waals surface area contributed by atoms with Crippen LogP contribution in [-0.2, 0) is 9.59 Å². The zero-order valence-electron chi connectivity index (χ0n) is 17.6. The second-order valence-corrected chi connectivity index (χ2v) is 8.14. The summed E-state index contributed by atoms with van der Waals surface area (Å²) in [5, 5.41) is 11.7. The molecular weight excluding hydrogens is 443 g/mol. The summed E-state index contributed by atoms with van der Waals surface area (Å²) in [6.45, 7) is 13.4. The zero-order valence-corrected chi connectivity index (χ0v) is 19.2. The van der Waals surface area contributed by atoms with Gasteiger partial charge in [-0.2, -0.15) is 0 Å². The molecule has 0 aromatic carbocycles. The second kappa shape index (κ2) is 11.6. The van der Waals surface area contributed by atoms with Crippen molar-refractivity contribution in [2.45, 2.75) is 31.1 Å². The number of carbonyl (C=O) groups excluding carboxylic acids is 2. The number of amidine groups is 1. The molecule has 2 rings (SSSR count). The monoisotopic (exact) mass is 468 g/mol. The Hall–Kier alpha value is -2.71. The van der Waals surface area contributed by atoms with Crippen molar-refractivity contribution in [2.75, 3.05) is 13.1 Å². The summed E-state index contributed by atoms with van der Waals surface area (Å²) in [6.07, 6.45) is 4.69. The summed E-state index contributed by atoms with van der Waals surface area (Å²) in [6, 6.07) is 2.97. The maximum Gasteiger partial charge on any atom is 0.338 e. The van der Waals surface area contributed by atoms with Crippen LogP contribution in [0.25, 0.3) is 0 Å². The van der Waals surface area contributed by atoms with Crippen LogP contribution in [0.2, 0.25) is 0 Å². The number of carboxylic acid groups (broad SMARTS) is 1. The number of nitrogens with zero attached hydrogens (tertiary/aromatic N) is 3. The normalized spacial score (nSPS) is 17.4. The molecule has 0 radical (unpaired) electrons. The predicted molar refractivity (Wildman–Crippen MR) is 122 cm³/mol. The second-order valence-electron chi connectivity index (χ2n) is 7.04. The van der Waals surface area contributed by atoms with Gasteiger partial charge in [0.2, 0.25) is 0 Å². The predicted octanol–water partition coefficient (Wildman–Crippen LogP) is 3.06. The average molecular weight is 469 g/mol. The van der Waals surface area contributed by atoms with Gasteiger partial charge < -0.3 is 15.3 Å². The van der Waals surface area contributed by atoms with Crippen LogP contribution in [0.4, 0.5) is 0 Å². The number of hydrogen-bond donors (Lipinski definition) is 2. The highest BCUT2D eigenvalue weighted by molar-refractivity contribution is 6.53. The van der Waals surface area contributed by atoms with Crippen LogP contribution >= 0.6 is 23.2 Å². The largest absolute Gasteiger partial charge is 0.478 e. The van der Waals surface area contributed by atoms with Gasteiger partial charge in [0, 0.05) is 19.3 Å². The lowest BCUT2D eigenvalue weighted by Gasteiger charge is -2.21. The van der Waals surface area contributed by atoms with Crippen LogP contribution in [0.15, 0.2) is 48.6 Å². The molecule has 1 unspecified atom stereocenters. The number of amides is 2. The van der Waals surface area contributed by atoms with Gasteiger partial charge in [-0.3, -0.25) is 14.6 Å². The van der Waals surface area contributed by atoms with E-state index in [9.17, 15) is 14.4 Å². The van der Waals surface area contributed by atoms with E-state index in [1.807, 2.05) is 13.8 Å². The molecule has 0 saturated carbocycles. The fraction of sp³-hybridized carbons (Fsp3) is 0.381. The summed E-state index contributed by atoms with van der Waals surface area (Å²) in [4.78, 5) is 43.2. The molecule has 8 nitrogen and oxygen atoms in total. The lowest BCUT2D eigenvalue weighted by molar-refractivity contribution is -0.128. The van der Waals surface area contributed by atoms with Gasteiger partial charge in [-0.05, 0) is 25.0 Å². The van der Waals surface area contributed by atoms with Crippen molar-refractivity contribution in [2.24, 2.45) is 10.9 Å². The number of halogens is 2. The van der Waals surface area contributed by atoms with Crippen LogP contribution in [0.5, 0.6) is 0 Å². The molecule has 2 N–H and O–H groups in total. The molecule has 31 heavy (non-hydrogen) atoms. The van der Waals surface area contributed by atoms with Crippen LogP contribution in [0.3, 0.4) is 0 Å². The van der Waals surface area contributed by atoms with Crippen molar-refractivity contribution in [3.8, 4) is 0 Å². The van der Waals surface area contributed by atoms with E-state index in [0.29, 0.717) is 13.1 Å². The van der Waals surface area contributed by atoms with Crippen molar-refractivity contribution >= 4 is 46.8 Å². The smallest absolute Gasteiger partial charge is 0.338 e. The lowest BCUT2D eigenvalue weighted by atomic mass is 9.89. The third kappa shape index (κ3) is 6.63. The minimum Gasteiger partial charge on any atom is -0.478 e. The Kier molecular flexibility index (Phi) is 9.87. The van der Waals surface area contributed by atoms with Crippen LogP contribution in [-0.4, -0.2) is 62.1 Å². The molecular formula is C21H26Cl2N4O4. The highest BCUT2D eigenvalue weighted by Crippen LogP contribution is 2.27. The topological polar surface area (TPSA) is 112 Å². The van der Waals surface area contributed by atoms with Gasteiger partial charge in [0.1, 0.15) is 11.2 Å². The molecule has 0 bridgehead atoms. The van der Waals surface area contributed by atoms with E-state index < -0.39 is 16.3 Å². The van der Waals surface area contributed by atoms with Gasteiger partial charge in [0.05, 0.1) is 5.56 Å². The van der Waals surface area contributed by atoms with Gasteiger partial charge in [0.25, 0.3) is 11.8 Å². The number of carbonyl (C=O) groups is 3. The lowest BCUT2D eigenvalue weighted by Crippen LogP contribution is -2.41. The molecule has 10 heteroatoms. The number of hydrogen-bond acceptors (Lipinski definition) is 5. The van der Waals surface area contributed by atoms with Crippen molar-refractivity contribution in [1.82, 2.24) is 15.2 Å². The first kappa shape index (κ1) is 26.3. The van der Waals surface area contributed by atoms with Gasteiger partial charge in [-0.25, -0.2) is 9.79 Å². The Morgan fingerprint density at radius 1 is 1.29 bits per heavy atom. The summed E-state index contributed by atoms with van der Waals surface area (Å²) in [5.74, 6) is -1.43. The Labute approximate surface area is 191 Å². The zero-order chi connectivity index (χ0) is 23.8. The standard InChI is InChI=1S/C13H15N3O3.C8H11Cl2NO/c1-7(2)13(3)12(19)15-10(16-13)9-8(11(17)18)5-4-6-14-9;1-3-5-11(6-4-2)8(12)7(9)10/h4-7H,1-3H3,(H,17,18)(H,15,16,19);3-4,7H,1-2,5-6H2. The first-order chi connectivity index (χ1) is 14.5. The number of nitrogens with one attached hydrogen (secondary N) is 1. The number of aliphatic imine (C=N–C) groups is 1. The third-order valence-corrected chi connectivity index (χ3v) is 4.99. The van der Waals surface area contributed by atoms with Gasteiger partial charge in [-0.1, -0.05) is 49.2 Å². The first-order valence-electron chi connectivity index (χ1n) is 9.38. The maximum absolute atomic E-state index is 12.0. The van der Waals surface area contributed by atoms with Crippen molar-refractivity contribution in [3.63, 3.8) is 0 Å². The number of alkyl halides is 2. The number of pyridine rings is 1. The van der Waals surface area contributed by atoms with Crippen LogP contribution in [0, 0.1) is 5.92 Å². The van der Waals surface area contributed by atoms with E-state index in [0.717, 1.165) is 0 Å². The number of aromatic nitrogens is 1. The minimum atomic E-state index is -1.10. The van der Waals surface area contributed by atoms with Crippen molar-refractivity contribution in [3.05, 3.63) is 54.9 Å². The van der Waals surface area contributed by atoms with Gasteiger partial charge >= 0.3 is 5.97 Å². The average Bonchev–Trinajstić information content (AvgIpc) is 3.03. The van der Waals surface area contributed by atoms with Crippen LogP contribution in [0.1, 0.15) is 36.8 Å². The van der Waals surface area contributed by atoms with Crippen molar-refractivity contribution in [1.29, 1.82) is 0 Å². The van der Waals surface area contributed by atoms with E-state index in [1.165, 1.54) is 23.2 Å². The minimum absolute atomic E-state index is 0.00184. The summed E-state index contributed by atoms with van der Waals surface area (Å²) < 4.78 is 0. The molecule has 1 aromatic heterocycles. The number of rotatable bonds is 8. The van der Waals surface area contributed by atoms with E-state index in [-0.39, 0.29) is 34.8 Å². The molecule has 168 valence electrons. The van der Waals surface area contributed by atoms with Crippen LogP contribution < -0.4 is 5.32 Å². The molecule has 1 atom stereocenters. The Balaban J connectivity index is 0.000000348. The van der Waals surface area contributed by atoms with Gasteiger partial charge in [0.15, 0.2) is 10.7 Å². The highest BCUT2D eigenvalue weighted by atomic mass is 35.5. The SMILES string of the molecule is C=CCN(CC=C)C(=O)C(Cl)Cl.CC(C)C1(C)N=C(c2ncccc2C(=O)O)NC1=O. The molecule has 0 fully saturated rings. The molecule has 0 spiro atoms. The first-order valence-corrected chi connectivity index (χ1v) is 10.3. The Bertz CT molecular complexity index is 876. The Morgan fingerprint density at radius 2 is 1.87 bits per heavy atom. The fourth-order valence-corrected chi connectivity index (χ4v) is 2.80. The molecule has 2 amide bonds. The Morgan fingerprint density at radius 3 is 2.29 bits per heavy atom. The molecule has 1 aliphatic heterocycles. The molecule has 0 saturated heterocycles. The quantitative estimate of drug-likeness (QED) is 0.449. The summed E-state index contributed by atoms with van der Waals surface area (Å²) >= 11 is 10.8. The molecule has 0 aliphatic carbocycles. The molecule has 1 aliphatic rings. The number of aromatic carboxylic acids is 1. The molecule has 2 heterocycles. The summed E-state index contributed by atoms with van der Waals surface area (Å²) in [5.41, 5.74) is -0.676. The van der Waals surface area contributed by atoms with Gasteiger partial charge in [-0.15, -0.1) is 13.2 Å². The fourth-order valence-electron chi connectivity index (χ4n) is 2.52. The third-order valence-electron chi connectivity index (χ3n) is 4.62. The number of carboxylic acids is 1. The van der Waals surface area contributed by atoms with E-state index in [1.54, 1.807) is 19.1 Å². The summed E-state index contributed by atoms with van der Waals surface area (Å²) in [7, 11) is 0. The van der Waals surface area contributed by atoms with E-state index in [4.69, 9.17) is 28.3 Å². The van der Waals surface area contributed by atoms with E-state index in [2.05, 4.69) is 28.5 Å².